The van der Waals surface area contributed by atoms with Crippen LogP contribution in [0.25, 0.3) is 0 Å². The van der Waals surface area contributed by atoms with Crippen LogP contribution in [0.5, 0.6) is 0 Å². The van der Waals surface area contributed by atoms with Gasteiger partial charge in [-0.25, -0.2) is 4.39 Å². The highest BCUT2D eigenvalue weighted by Crippen LogP contribution is 2.44. The van der Waals surface area contributed by atoms with E-state index in [1.165, 1.54) is 16.5 Å². The van der Waals surface area contributed by atoms with Crippen molar-refractivity contribution >= 4 is 17.7 Å². The quantitative estimate of drug-likeness (QED) is 0.601. The minimum atomic E-state index is -1.47. The lowest BCUT2D eigenvalue weighted by Gasteiger charge is -2.36. The summed E-state index contributed by atoms with van der Waals surface area (Å²) >= 11 is 0. The Bertz CT molecular complexity index is 1090. The third-order valence-electron chi connectivity index (χ3n) is 8.16. The molecule has 1 aromatic carbocycles. The van der Waals surface area contributed by atoms with Crippen LogP contribution in [0.3, 0.4) is 0 Å². The van der Waals surface area contributed by atoms with Gasteiger partial charge in [0, 0.05) is 49.9 Å². The van der Waals surface area contributed by atoms with Crippen molar-refractivity contribution < 1.29 is 18.8 Å². The Morgan fingerprint density at radius 3 is 2.34 bits per heavy atom. The highest BCUT2D eigenvalue weighted by atomic mass is 19.1. The van der Waals surface area contributed by atoms with Gasteiger partial charge in [-0.05, 0) is 55.4 Å². The number of carbonyl (C=O) groups excluding carboxylic acids is 3. The molecule has 2 aliphatic heterocycles. The molecule has 2 saturated heterocycles. The number of imide groups is 1. The van der Waals surface area contributed by atoms with Crippen LogP contribution in [0.4, 0.5) is 4.39 Å². The molecule has 3 heterocycles. The van der Waals surface area contributed by atoms with E-state index in [1.54, 1.807) is 35.5 Å². The van der Waals surface area contributed by atoms with E-state index < -0.39 is 17.1 Å². The standard InChI is InChI=1S/C28H32FN3O3/c29-24-9-5-4-8-23(24)28(19-26(34)32(27(28)35)22-6-2-1-3-7-22)18-25(33)31-16-12-21(13-17-31)20-10-14-30-15-11-20/h4-5,8-11,14-15,21-22H,1-3,6-7,12-13,16-19H2/t28-/m0/s1. The van der Waals surface area contributed by atoms with Gasteiger partial charge < -0.3 is 4.90 Å². The monoisotopic (exact) mass is 477 g/mol. The van der Waals surface area contributed by atoms with Crippen LogP contribution in [-0.4, -0.2) is 51.6 Å². The van der Waals surface area contributed by atoms with E-state index >= 15 is 4.39 Å². The molecule has 7 heteroatoms. The van der Waals surface area contributed by atoms with Gasteiger partial charge in [0.05, 0.1) is 5.41 Å². The van der Waals surface area contributed by atoms with Gasteiger partial charge in [-0.3, -0.25) is 24.3 Å². The van der Waals surface area contributed by atoms with Crippen molar-refractivity contribution in [1.82, 2.24) is 14.8 Å². The average Bonchev–Trinajstić information content (AvgIpc) is 3.14. The second kappa shape index (κ2) is 9.88. The summed E-state index contributed by atoms with van der Waals surface area (Å²) in [5.41, 5.74) is -0.0925. The summed E-state index contributed by atoms with van der Waals surface area (Å²) in [5, 5.41) is 0. The van der Waals surface area contributed by atoms with Gasteiger partial charge in [0.25, 0.3) is 0 Å². The van der Waals surface area contributed by atoms with Gasteiger partial charge in [-0.1, -0.05) is 37.5 Å². The van der Waals surface area contributed by atoms with E-state index in [9.17, 15) is 14.4 Å². The highest BCUT2D eigenvalue weighted by Gasteiger charge is 2.56. The first kappa shape index (κ1) is 23.6. The van der Waals surface area contributed by atoms with Crippen molar-refractivity contribution in [2.24, 2.45) is 0 Å². The topological polar surface area (TPSA) is 70.6 Å². The summed E-state index contributed by atoms with van der Waals surface area (Å²) < 4.78 is 15.1. The number of aromatic nitrogens is 1. The summed E-state index contributed by atoms with van der Waals surface area (Å²) in [6, 6.07) is 9.99. The zero-order chi connectivity index (χ0) is 24.4. The fraction of sp³-hybridized carbons (Fsp3) is 0.500. The van der Waals surface area contributed by atoms with Gasteiger partial charge in [-0.2, -0.15) is 0 Å². The van der Waals surface area contributed by atoms with Gasteiger partial charge >= 0.3 is 0 Å². The molecule has 1 saturated carbocycles. The lowest BCUT2D eigenvalue weighted by molar-refractivity contribution is -0.145. The minimum absolute atomic E-state index is 0.149. The molecular formula is C28H32FN3O3. The number of piperidine rings is 1. The van der Waals surface area contributed by atoms with Crippen LogP contribution in [0.1, 0.15) is 74.8 Å². The molecule has 0 spiro atoms. The molecule has 184 valence electrons. The van der Waals surface area contributed by atoms with Gasteiger partial charge in [0.2, 0.25) is 17.7 Å². The van der Waals surface area contributed by atoms with Crippen molar-refractivity contribution in [3.8, 4) is 0 Å². The molecule has 1 aromatic heterocycles. The van der Waals surface area contributed by atoms with E-state index in [0.29, 0.717) is 19.0 Å². The van der Waals surface area contributed by atoms with Crippen LogP contribution in [0.15, 0.2) is 48.8 Å². The van der Waals surface area contributed by atoms with E-state index in [1.807, 2.05) is 12.1 Å². The Balaban J connectivity index is 1.38. The molecule has 3 fully saturated rings. The maximum Gasteiger partial charge on any atom is 0.241 e. The van der Waals surface area contributed by atoms with Crippen LogP contribution in [-0.2, 0) is 19.8 Å². The maximum absolute atomic E-state index is 15.1. The molecule has 35 heavy (non-hydrogen) atoms. The summed E-state index contributed by atoms with van der Waals surface area (Å²) in [6.45, 7) is 1.15. The van der Waals surface area contributed by atoms with Crippen molar-refractivity contribution in [3.63, 3.8) is 0 Å². The number of nitrogens with zero attached hydrogens (tertiary/aromatic N) is 3. The Labute approximate surface area is 205 Å². The lowest BCUT2D eigenvalue weighted by Crippen LogP contribution is -2.48. The number of amides is 3. The molecule has 0 radical (unpaired) electrons. The largest absolute Gasteiger partial charge is 0.343 e. The Morgan fingerprint density at radius 1 is 0.971 bits per heavy atom. The number of hydrogen-bond donors (Lipinski definition) is 0. The fourth-order valence-corrected chi connectivity index (χ4v) is 6.23. The minimum Gasteiger partial charge on any atom is -0.343 e. The fourth-order valence-electron chi connectivity index (χ4n) is 6.23. The normalized spacial score (nSPS) is 24.3. The van der Waals surface area contributed by atoms with Crippen molar-refractivity contribution in [2.75, 3.05) is 13.1 Å². The molecule has 3 amide bonds. The van der Waals surface area contributed by atoms with Crippen molar-refractivity contribution in [1.29, 1.82) is 0 Å². The van der Waals surface area contributed by atoms with Crippen molar-refractivity contribution in [2.45, 2.75) is 75.2 Å². The Kier molecular flexibility index (Phi) is 6.67. The summed E-state index contributed by atoms with van der Waals surface area (Å²) in [6.07, 6.45) is 9.48. The predicted molar refractivity (Wildman–Crippen MR) is 129 cm³/mol. The molecule has 0 unspecified atom stereocenters. The summed E-state index contributed by atoms with van der Waals surface area (Å²) in [7, 11) is 0. The lowest BCUT2D eigenvalue weighted by atomic mass is 9.75. The number of pyridine rings is 1. The van der Waals surface area contributed by atoms with E-state index in [4.69, 9.17) is 0 Å². The molecule has 2 aromatic rings. The van der Waals surface area contributed by atoms with Crippen LogP contribution in [0.2, 0.25) is 0 Å². The number of rotatable bonds is 5. The SMILES string of the molecule is O=C(C[C@@]1(c2ccccc2F)CC(=O)N(C2CCCCC2)C1=O)N1CCC(c2ccncc2)CC1. The predicted octanol–water partition coefficient (Wildman–Crippen LogP) is 4.35. The van der Waals surface area contributed by atoms with E-state index in [-0.39, 0.29) is 36.3 Å². The third-order valence-corrected chi connectivity index (χ3v) is 8.16. The number of likely N-dealkylation sites (tertiary alicyclic amines) is 2. The number of hydrogen-bond acceptors (Lipinski definition) is 4. The molecular weight excluding hydrogens is 445 g/mol. The highest BCUT2D eigenvalue weighted by molar-refractivity contribution is 6.11. The zero-order valence-corrected chi connectivity index (χ0v) is 20.0. The zero-order valence-electron chi connectivity index (χ0n) is 20.0. The van der Waals surface area contributed by atoms with E-state index in [2.05, 4.69) is 4.98 Å². The Morgan fingerprint density at radius 2 is 1.66 bits per heavy atom. The first-order valence-electron chi connectivity index (χ1n) is 12.8. The first-order valence-corrected chi connectivity index (χ1v) is 12.8. The second-order valence-corrected chi connectivity index (χ2v) is 10.2. The smallest absolute Gasteiger partial charge is 0.241 e. The molecule has 6 nitrogen and oxygen atoms in total. The van der Waals surface area contributed by atoms with Crippen LogP contribution >= 0.6 is 0 Å². The summed E-state index contributed by atoms with van der Waals surface area (Å²) in [4.78, 5) is 47.9. The molecule has 1 aliphatic carbocycles. The number of benzene rings is 1. The molecule has 1 atom stereocenters. The molecule has 3 aliphatic rings. The first-order chi connectivity index (χ1) is 17.0. The van der Waals surface area contributed by atoms with Gasteiger partial charge in [-0.15, -0.1) is 0 Å². The molecule has 5 rings (SSSR count). The summed E-state index contributed by atoms with van der Waals surface area (Å²) in [5.74, 6) is -1.05. The molecule has 0 N–H and O–H groups in total. The Hall–Kier alpha value is -3.09. The average molecular weight is 478 g/mol. The van der Waals surface area contributed by atoms with E-state index in [0.717, 1.165) is 44.9 Å². The third kappa shape index (κ3) is 4.48. The number of halogens is 1. The van der Waals surface area contributed by atoms with Gasteiger partial charge in [0.1, 0.15) is 5.82 Å². The van der Waals surface area contributed by atoms with Crippen molar-refractivity contribution in [3.05, 3.63) is 65.7 Å². The van der Waals surface area contributed by atoms with Crippen LogP contribution < -0.4 is 0 Å². The second-order valence-electron chi connectivity index (χ2n) is 10.2. The van der Waals surface area contributed by atoms with Crippen LogP contribution in [0, 0.1) is 5.82 Å². The van der Waals surface area contributed by atoms with Gasteiger partial charge in [0.15, 0.2) is 0 Å². The maximum atomic E-state index is 15.1. The number of carbonyl (C=O) groups is 3. The molecule has 0 bridgehead atoms.